The summed E-state index contributed by atoms with van der Waals surface area (Å²) in [6, 6.07) is 15.7. The Kier molecular flexibility index (Phi) is 16.5. The lowest BCUT2D eigenvalue weighted by Crippen LogP contribution is -2.77. The largest absolute Gasteiger partial charge is 0.444 e. The molecule has 19 heteroatoms. The fourth-order valence-corrected chi connectivity index (χ4v) is 9.49. The Morgan fingerprint density at radius 3 is 2.03 bits per heavy atom. The van der Waals surface area contributed by atoms with E-state index in [1.807, 2.05) is 58.0 Å². The van der Waals surface area contributed by atoms with Crippen LogP contribution in [0.3, 0.4) is 0 Å². The first kappa shape index (κ1) is 51.0. The number of para-hydroxylation sites is 1. The summed E-state index contributed by atoms with van der Waals surface area (Å²) in [6.45, 7) is 11.6. The molecule has 6 heterocycles. The van der Waals surface area contributed by atoms with Gasteiger partial charge in [-0.1, -0.05) is 29.8 Å². The molecule has 0 spiro atoms. The first-order chi connectivity index (χ1) is 32.7. The summed E-state index contributed by atoms with van der Waals surface area (Å²) in [5, 5.41) is 7.39. The Morgan fingerprint density at radius 1 is 0.779 bits per heavy atom. The number of hydrogen-bond donors (Lipinski definition) is 2. The van der Waals surface area contributed by atoms with Crippen LogP contribution in [0.5, 0.6) is 11.5 Å². The van der Waals surface area contributed by atoms with Crippen molar-refractivity contribution in [3.05, 3.63) is 59.6 Å². The van der Waals surface area contributed by atoms with Crippen molar-refractivity contribution in [2.24, 2.45) is 17.8 Å². The fourth-order valence-electron chi connectivity index (χ4n) is 9.37. The molecule has 6 aliphatic rings. The Labute approximate surface area is 405 Å². The van der Waals surface area contributed by atoms with Crippen LogP contribution in [0.25, 0.3) is 0 Å². The first-order valence-corrected chi connectivity index (χ1v) is 24.6. The summed E-state index contributed by atoms with van der Waals surface area (Å²) < 4.78 is 77.6. The van der Waals surface area contributed by atoms with Gasteiger partial charge in [-0.25, -0.2) is 9.69 Å². The molecule has 2 aromatic rings. The molecule has 0 aromatic heterocycles. The summed E-state index contributed by atoms with van der Waals surface area (Å²) >= 11 is 6.56. The van der Waals surface area contributed by atoms with E-state index in [-0.39, 0.29) is 69.2 Å². The maximum absolute atomic E-state index is 15.5. The SMILES string of the molecule is CC(=O)N1C(OCC2CCOC2)(OCC2CCCN2)C(OCC2CNC2)(OCC2CN(C(=O)OC(C)(C)C)C2)C(Oc2ccccc2)(Oc2ccc(Cl)cc2)C1(OCCN(C)C)OC1CCOC1. The van der Waals surface area contributed by atoms with Crippen molar-refractivity contribution < 1.29 is 61.7 Å². The quantitative estimate of drug-likeness (QED) is 0.156. The smallest absolute Gasteiger partial charge is 0.410 e. The molecule has 0 aliphatic carbocycles. The highest BCUT2D eigenvalue weighted by Gasteiger charge is 2.95. The first-order valence-electron chi connectivity index (χ1n) is 24.3. The minimum atomic E-state index is -2.53. The van der Waals surface area contributed by atoms with Gasteiger partial charge in [0.2, 0.25) is 5.91 Å². The van der Waals surface area contributed by atoms with Crippen LogP contribution in [0.15, 0.2) is 54.6 Å². The molecule has 0 bridgehead atoms. The maximum Gasteiger partial charge on any atom is 0.410 e. The van der Waals surface area contributed by atoms with Gasteiger partial charge < -0.3 is 72.5 Å². The molecule has 8 rings (SSSR count). The summed E-state index contributed by atoms with van der Waals surface area (Å²) in [5.41, 5.74) is -0.687. The molecule has 2 aromatic carbocycles. The number of amides is 2. The van der Waals surface area contributed by atoms with E-state index in [0.29, 0.717) is 76.2 Å². The molecule has 68 heavy (non-hydrogen) atoms. The third-order valence-corrected chi connectivity index (χ3v) is 13.3. The van der Waals surface area contributed by atoms with Crippen molar-refractivity contribution in [3.8, 4) is 11.5 Å². The highest BCUT2D eigenvalue weighted by Crippen LogP contribution is 2.62. The van der Waals surface area contributed by atoms with Gasteiger partial charge in [0, 0.05) is 81.7 Å². The highest BCUT2D eigenvalue weighted by atomic mass is 35.5. The number of rotatable bonds is 22. The number of carbonyl (C=O) groups excluding carboxylic acids is 2. The van der Waals surface area contributed by atoms with Gasteiger partial charge in [-0.2, -0.15) is 0 Å². The Bertz CT molecular complexity index is 1920. The lowest BCUT2D eigenvalue weighted by molar-refractivity contribution is -0.476. The van der Waals surface area contributed by atoms with Gasteiger partial charge in [-0.15, -0.1) is 0 Å². The highest BCUT2D eigenvalue weighted by molar-refractivity contribution is 6.30. The van der Waals surface area contributed by atoms with Gasteiger partial charge in [0.15, 0.2) is 0 Å². The van der Waals surface area contributed by atoms with Gasteiger partial charge in [0.1, 0.15) is 17.1 Å². The topological polar surface area (TPSA) is 169 Å². The van der Waals surface area contributed by atoms with Crippen molar-refractivity contribution in [1.29, 1.82) is 0 Å². The van der Waals surface area contributed by atoms with Crippen molar-refractivity contribution in [2.75, 3.05) is 113 Å². The predicted octanol–water partition coefficient (Wildman–Crippen LogP) is 4.69. The minimum absolute atomic E-state index is 0.0104. The van der Waals surface area contributed by atoms with Crippen molar-refractivity contribution in [3.63, 3.8) is 0 Å². The van der Waals surface area contributed by atoms with Crippen molar-refractivity contribution >= 4 is 23.6 Å². The van der Waals surface area contributed by atoms with E-state index in [9.17, 15) is 4.79 Å². The van der Waals surface area contributed by atoms with Crippen LogP contribution in [0, 0.1) is 17.8 Å². The van der Waals surface area contributed by atoms with Crippen LogP contribution in [0.4, 0.5) is 4.79 Å². The van der Waals surface area contributed by atoms with Crippen LogP contribution in [0.2, 0.25) is 5.02 Å². The number of hydrogen-bond acceptors (Lipinski definition) is 16. The average Bonchev–Trinajstić information content (AvgIpc) is 4.10. The summed E-state index contributed by atoms with van der Waals surface area (Å²) in [7, 11) is 3.85. The lowest BCUT2D eigenvalue weighted by Gasteiger charge is -2.51. The van der Waals surface area contributed by atoms with E-state index < -0.39 is 47.1 Å². The molecule has 6 aliphatic heterocycles. The molecule has 18 nitrogen and oxygen atoms in total. The van der Waals surface area contributed by atoms with Crippen molar-refractivity contribution in [2.45, 2.75) is 94.5 Å². The fraction of sp³-hybridized carbons (Fsp3) is 0.714. The zero-order chi connectivity index (χ0) is 48.0. The molecule has 0 saturated carbocycles. The molecule has 6 fully saturated rings. The van der Waals surface area contributed by atoms with Crippen LogP contribution in [-0.2, 0) is 47.4 Å². The number of nitrogens with zero attached hydrogens (tertiary/aromatic N) is 3. The van der Waals surface area contributed by atoms with Gasteiger partial charge in [-0.3, -0.25) is 4.79 Å². The summed E-state index contributed by atoms with van der Waals surface area (Å²) in [6.07, 6.45) is 1.76. The summed E-state index contributed by atoms with van der Waals surface area (Å²) in [5.74, 6) is -10.2. The Morgan fingerprint density at radius 2 is 1.44 bits per heavy atom. The predicted molar refractivity (Wildman–Crippen MR) is 249 cm³/mol. The monoisotopic (exact) mass is 973 g/mol. The number of likely N-dealkylation sites (N-methyl/N-ethyl adjacent to an activating group) is 1. The molecule has 378 valence electrons. The number of ether oxygens (including phenoxy) is 11. The zero-order valence-corrected chi connectivity index (χ0v) is 41.3. The van der Waals surface area contributed by atoms with E-state index in [4.69, 9.17) is 63.7 Å². The molecular weight excluding hydrogens is 902 g/mol. The Balaban J connectivity index is 1.41. The lowest BCUT2D eigenvalue weighted by atomic mass is 9.98. The normalized spacial score (nSPS) is 31.0. The molecule has 2 amide bonds. The van der Waals surface area contributed by atoms with E-state index in [0.717, 1.165) is 19.4 Å². The van der Waals surface area contributed by atoms with Crippen LogP contribution < -0.4 is 20.1 Å². The van der Waals surface area contributed by atoms with Crippen LogP contribution in [-0.4, -0.2) is 181 Å². The minimum Gasteiger partial charge on any atom is -0.444 e. The van der Waals surface area contributed by atoms with E-state index in [1.54, 1.807) is 41.3 Å². The van der Waals surface area contributed by atoms with Gasteiger partial charge >= 0.3 is 29.5 Å². The standard InChI is InChI=1S/C49H72ClN5O13/c1-35(56)55-48(63-30-36-18-22-58-29-36,64-33-40-11-10-20-52-40)46(61-31-37-25-51-26-37,62-32-38-27-54(28-38)44(57)68-45(2,3)4)47(65-41-12-8-7-9-13-41,66-42-16-14-39(50)15-17-42)49(55,60-24-21-53(5)6)67-43-19-23-59-34-43/h7-9,12-17,36-38,40,43,51-52H,10-11,18-34H2,1-6H3. The van der Waals surface area contributed by atoms with Crippen molar-refractivity contribution in [1.82, 2.24) is 25.3 Å². The number of halogens is 1. The molecule has 7 atom stereocenters. The second kappa shape index (κ2) is 22.0. The maximum atomic E-state index is 15.5. The number of nitrogens with one attached hydrogen (secondary N) is 2. The van der Waals surface area contributed by atoms with Gasteiger partial charge in [-0.05, 0) is 103 Å². The number of likely N-dealkylation sites (tertiary alicyclic amines) is 2. The van der Waals surface area contributed by atoms with Gasteiger partial charge in [0.25, 0.3) is 0 Å². The molecule has 7 unspecified atom stereocenters. The van der Waals surface area contributed by atoms with E-state index in [2.05, 4.69) is 10.6 Å². The molecular formula is C49H72ClN5O13. The zero-order valence-electron chi connectivity index (χ0n) is 40.5. The Hall–Kier alpha value is -3.37. The van der Waals surface area contributed by atoms with E-state index >= 15 is 4.79 Å². The summed E-state index contributed by atoms with van der Waals surface area (Å²) in [4.78, 5) is 33.8. The van der Waals surface area contributed by atoms with Crippen LogP contribution >= 0.6 is 11.6 Å². The third kappa shape index (κ3) is 10.9. The second-order valence-corrected chi connectivity index (χ2v) is 20.5. The van der Waals surface area contributed by atoms with E-state index in [1.165, 1.54) is 11.8 Å². The second-order valence-electron chi connectivity index (χ2n) is 20.0. The molecule has 2 N–H and O–H groups in total. The molecule has 0 radical (unpaired) electrons. The third-order valence-electron chi connectivity index (χ3n) is 13.0. The van der Waals surface area contributed by atoms with Gasteiger partial charge in [0.05, 0.1) is 52.4 Å². The number of carbonyl (C=O) groups is 2. The average molecular weight is 975 g/mol. The molecule has 6 saturated heterocycles. The van der Waals surface area contributed by atoms with Crippen LogP contribution in [0.1, 0.15) is 53.4 Å². The number of benzene rings is 2.